The standard InChI is InChI=1S/C19H13BrN4O3/c1-12-18(19(22-27-12)13-3-2-4-14(20)9-13)17-10-23(11-21-17)15-5-7-16(8-6-15)24(25)26/h2-11H,1H3. The van der Waals surface area contributed by atoms with Crippen LogP contribution in [0.1, 0.15) is 5.76 Å². The zero-order chi connectivity index (χ0) is 19.0. The van der Waals surface area contributed by atoms with Crippen LogP contribution in [0.4, 0.5) is 5.69 Å². The maximum atomic E-state index is 10.8. The van der Waals surface area contributed by atoms with Crippen molar-refractivity contribution >= 4 is 21.6 Å². The highest BCUT2D eigenvalue weighted by Gasteiger charge is 2.19. The summed E-state index contributed by atoms with van der Waals surface area (Å²) in [6.45, 7) is 1.84. The topological polar surface area (TPSA) is 87.0 Å². The Morgan fingerprint density at radius 1 is 1.19 bits per heavy atom. The number of aryl methyl sites for hydroxylation is 1. The maximum absolute atomic E-state index is 10.8. The van der Waals surface area contributed by atoms with Crippen LogP contribution in [-0.4, -0.2) is 19.6 Å². The van der Waals surface area contributed by atoms with Gasteiger partial charge in [-0.3, -0.25) is 10.1 Å². The van der Waals surface area contributed by atoms with Crippen LogP contribution in [0.3, 0.4) is 0 Å². The molecule has 2 aromatic carbocycles. The molecule has 0 saturated heterocycles. The first kappa shape index (κ1) is 17.2. The second-order valence-electron chi connectivity index (χ2n) is 5.91. The Bertz CT molecular complexity index is 1130. The van der Waals surface area contributed by atoms with Gasteiger partial charge in [0.1, 0.15) is 11.5 Å². The van der Waals surface area contributed by atoms with Crippen molar-refractivity contribution in [3.63, 3.8) is 0 Å². The van der Waals surface area contributed by atoms with Gasteiger partial charge in [-0.25, -0.2) is 4.98 Å². The van der Waals surface area contributed by atoms with Crippen molar-refractivity contribution in [2.45, 2.75) is 6.92 Å². The third kappa shape index (κ3) is 3.26. The summed E-state index contributed by atoms with van der Waals surface area (Å²) in [5.74, 6) is 0.666. The van der Waals surface area contributed by atoms with E-state index in [0.29, 0.717) is 17.1 Å². The minimum atomic E-state index is -0.423. The SMILES string of the molecule is Cc1onc(-c2cccc(Br)c2)c1-c1cn(-c2ccc([N+](=O)[O-])cc2)cn1. The number of hydrogen-bond donors (Lipinski definition) is 0. The number of benzene rings is 2. The molecule has 0 aliphatic rings. The number of imidazole rings is 1. The summed E-state index contributed by atoms with van der Waals surface area (Å²) in [6.07, 6.45) is 3.51. The molecule has 2 aromatic heterocycles. The molecule has 0 fully saturated rings. The summed E-state index contributed by atoms with van der Waals surface area (Å²) in [7, 11) is 0. The second-order valence-corrected chi connectivity index (χ2v) is 6.83. The number of halogens is 1. The van der Waals surface area contributed by atoms with Crippen molar-refractivity contribution in [1.82, 2.24) is 14.7 Å². The lowest BCUT2D eigenvalue weighted by Crippen LogP contribution is -1.92. The molecule has 2 heterocycles. The molecule has 0 atom stereocenters. The van der Waals surface area contributed by atoms with Crippen LogP contribution in [0.25, 0.3) is 28.2 Å². The molecule has 27 heavy (non-hydrogen) atoms. The average molecular weight is 425 g/mol. The van der Waals surface area contributed by atoms with Gasteiger partial charge in [0.25, 0.3) is 5.69 Å². The third-order valence-corrected chi connectivity index (χ3v) is 4.65. The molecule has 0 radical (unpaired) electrons. The molecule has 8 heteroatoms. The van der Waals surface area contributed by atoms with Gasteiger partial charge < -0.3 is 9.09 Å². The quantitative estimate of drug-likeness (QED) is 0.332. The molecule has 0 aliphatic heterocycles. The minimum Gasteiger partial charge on any atom is -0.360 e. The van der Waals surface area contributed by atoms with Crippen LogP contribution in [0.5, 0.6) is 0 Å². The summed E-state index contributed by atoms with van der Waals surface area (Å²) >= 11 is 3.47. The van der Waals surface area contributed by atoms with Crippen molar-refractivity contribution in [3.8, 4) is 28.2 Å². The highest BCUT2D eigenvalue weighted by Crippen LogP contribution is 2.34. The first-order chi connectivity index (χ1) is 13.0. The zero-order valence-electron chi connectivity index (χ0n) is 14.2. The minimum absolute atomic E-state index is 0.0471. The van der Waals surface area contributed by atoms with Gasteiger partial charge in [0.05, 0.1) is 22.5 Å². The fourth-order valence-electron chi connectivity index (χ4n) is 2.85. The molecule has 4 rings (SSSR count). The number of rotatable bonds is 4. The first-order valence-electron chi connectivity index (χ1n) is 8.04. The van der Waals surface area contributed by atoms with E-state index in [-0.39, 0.29) is 5.69 Å². The maximum Gasteiger partial charge on any atom is 0.269 e. The summed E-state index contributed by atoms with van der Waals surface area (Å²) < 4.78 is 8.16. The van der Waals surface area contributed by atoms with Gasteiger partial charge in [-0.1, -0.05) is 33.2 Å². The van der Waals surface area contributed by atoms with Crippen molar-refractivity contribution in [2.24, 2.45) is 0 Å². The Kier molecular flexibility index (Phi) is 4.33. The lowest BCUT2D eigenvalue weighted by Gasteiger charge is -2.02. The molecule has 134 valence electrons. The molecule has 0 saturated carbocycles. The molecule has 0 unspecified atom stereocenters. The summed E-state index contributed by atoms with van der Waals surface area (Å²) in [5, 5.41) is 15.0. The van der Waals surface area contributed by atoms with E-state index < -0.39 is 4.92 Å². The summed E-state index contributed by atoms with van der Waals surface area (Å²) in [6, 6.07) is 14.1. The van der Waals surface area contributed by atoms with E-state index in [9.17, 15) is 10.1 Å². The fourth-order valence-corrected chi connectivity index (χ4v) is 3.25. The Balaban J connectivity index is 1.74. The molecular weight excluding hydrogens is 412 g/mol. The van der Waals surface area contributed by atoms with E-state index in [1.54, 1.807) is 23.0 Å². The second kappa shape index (κ2) is 6.81. The molecule has 0 N–H and O–H groups in total. The normalized spacial score (nSPS) is 10.9. The molecule has 0 aliphatic carbocycles. The Hall–Kier alpha value is -3.26. The van der Waals surface area contributed by atoms with Gasteiger partial charge in [-0.15, -0.1) is 0 Å². The van der Waals surface area contributed by atoms with Crippen molar-refractivity contribution in [1.29, 1.82) is 0 Å². The van der Waals surface area contributed by atoms with Gasteiger partial charge >= 0.3 is 0 Å². The largest absolute Gasteiger partial charge is 0.360 e. The van der Waals surface area contributed by atoms with Crippen LogP contribution in [0, 0.1) is 17.0 Å². The van der Waals surface area contributed by atoms with Gasteiger partial charge in [0, 0.05) is 34.1 Å². The zero-order valence-corrected chi connectivity index (χ0v) is 15.8. The highest BCUT2D eigenvalue weighted by atomic mass is 79.9. The summed E-state index contributed by atoms with van der Waals surface area (Å²) in [4.78, 5) is 14.9. The van der Waals surface area contributed by atoms with E-state index in [1.165, 1.54) is 12.1 Å². The Labute approximate surface area is 162 Å². The predicted molar refractivity (Wildman–Crippen MR) is 104 cm³/mol. The van der Waals surface area contributed by atoms with E-state index in [0.717, 1.165) is 21.3 Å². The van der Waals surface area contributed by atoms with Gasteiger partial charge in [-0.2, -0.15) is 0 Å². The van der Waals surface area contributed by atoms with E-state index in [4.69, 9.17) is 4.52 Å². The molecular formula is C19H13BrN4O3. The summed E-state index contributed by atoms with van der Waals surface area (Å²) in [5.41, 5.74) is 3.98. The lowest BCUT2D eigenvalue weighted by molar-refractivity contribution is -0.384. The van der Waals surface area contributed by atoms with Crippen LogP contribution < -0.4 is 0 Å². The Morgan fingerprint density at radius 2 is 1.96 bits per heavy atom. The van der Waals surface area contributed by atoms with Gasteiger partial charge in [-0.05, 0) is 31.2 Å². The number of non-ortho nitro benzene ring substituents is 1. The first-order valence-corrected chi connectivity index (χ1v) is 8.83. The van der Waals surface area contributed by atoms with Crippen molar-refractivity contribution in [3.05, 3.63) is 81.4 Å². The molecule has 0 amide bonds. The molecule has 7 nitrogen and oxygen atoms in total. The molecule has 0 spiro atoms. The monoisotopic (exact) mass is 424 g/mol. The number of hydrogen-bond acceptors (Lipinski definition) is 5. The van der Waals surface area contributed by atoms with E-state index in [2.05, 4.69) is 26.1 Å². The van der Waals surface area contributed by atoms with E-state index >= 15 is 0 Å². The number of nitro groups is 1. The van der Waals surface area contributed by atoms with Crippen LogP contribution in [0.15, 0.2) is 70.1 Å². The van der Waals surface area contributed by atoms with Gasteiger partial charge in [0.15, 0.2) is 0 Å². The molecule has 4 aromatic rings. The Morgan fingerprint density at radius 3 is 2.67 bits per heavy atom. The van der Waals surface area contributed by atoms with Crippen LogP contribution >= 0.6 is 15.9 Å². The number of nitrogens with zero attached hydrogens (tertiary/aromatic N) is 4. The van der Waals surface area contributed by atoms with Crippen LogP contribution in [0.2, 0.25) is 0 Å². The van der Waals surface area contributed by atoms with E-state index in [1.807, 2.05) is 37.4 Å². The number of nitro benzene ring substituents is 1. The predicted octanol–water partition coefficient (Wildman–Crippen LogP) is 5.17. The third-order valence-electron chi connectivity index (χ3n) is 4.16. The highest BCUT2D eigenvalue weighted by molar-refractivity contribution is 9.10. The number of aromatic nitrogens is 3. The van der Waals surface area contributed by atoms with Crippen molar-refractivity contribution in [2.75, 3.05) is 0 Å². The lowest BCUT2D eigenvalue weighted by atomic mass is 10.0. The van der Waals surface area contributed by atoms with Crippen molar-refractivity contribution < 1.29 is 9.45 Å². The van der Waals surface area contributed by atoms with Crippen LogP contribution in [-0.2, 0) is 0 Å². The van der Waals surface area contributed by atoms with Gasteiger partial charge in [0.2, 0.25) is 0 Å². The average Bonchev–Trinajstić information content (AvgIpc) is 3.28. The smallest absolute Gasteiger partial charge is 0.269 e. The fraction of sp³-hybridized carbons (Fsp3) is 0.0526. The molecule has 0 bridgehead atoms.